The summed E-state index contributed by atoms with van der Waals surface area (Å²) in [5.74, 6) is -1.91. The molecule has 1 rings (SSSR count). The van der Waals surface area contributed by atoms with Gasteiger partial charge in [-0.3, -0.25) is 20.2 Å². The fraction of sp³-hybridized carbons (Fsp3) is 0.533. The highest BCUT2D eigenvalue weighted by Crippen LogP contribution is 2.37. The molecule has 10 heteroatoms. The van der Waals surface area contributed by atoms with Crippen LogP contribution in [0.15, 0.2) is 18.2 Å². The van der Waals surface area contributed by atoms with Gasteiger partial charge in [0.05, 0.1) is 20.8 Å². The first-order chi connectivity index (χ1) is 11.7. The molecule has 0 N–H and O–H groups in total. The molecular formula is C15H20N2O8. The zero-order valence-corrected chi connectivity index (χ0v) is 14.4. The van der Waals surface area contributed by atoms with Crippen LogP contribution in [0.5, 0.6) is 11.5 Å². The number of hydrogen-bond donors (Lipinski definition) is 0. The molecule has 0 saturated heterocycles. The molecule has 0 fully saturated rings. The summed E-state index contributed by atoms with van der Waals surface area (Å²) in [5.41, 5.74) is -2.13. The standard InChI is InChI=1S/C15H20N2O8/c1-5-25-14(18)15(2,17(21)22)11(9-16(19)20)10-6-7-12(23-3)13(8-10)24-4/h6-8,11H,5,9H2,1-4H3/t11-,15+/m1/s1. The van der Waals surface area contributed by atoms with Crippen LogP contribution in [0.3, 0.4) is 0 Å². The summed E-state index contributed by atoms with van der Waals surface area (Å²) in [6, 6.07) is 4.27. The summed E-state index contributed by atoms with van der Waals surface area (Å²) >= 11 is 0. The molecule has 0 bridgehead atoms. The Morgan fingerprint density at radius 1 is 1.20 bits per heavy atom. The first kappa shape index (κ1) is 20.1. The third-order valence-corrected chi connectivity index (χ3v) is 3.89. The summed E-state index contributed by atoms with van der Waals surface area (Å²) in [6.07, 6.45) is 0. The van der Waals surface area contributed by atoms with Gasteiger partial charge in [-0.15, -0.1) is 0 Å². The quantitative estimate of drug-likeness (QED) is 0.371. The van der Waals surface area contributed by atoms with E-state index in [4.69, 9.17) is 14.2 Å². The van der Waals surface area contributed by atoms with Crippen LogP contribution in [0.2, 0.25) is 0 Å². The van der Waals surface area contributed by atoms with Gasteiger partial charge >= 0.3 is 11.5 Å². The molecule has 0 saturated carbocycles. The maximum atomic E-state index is 12.2. The lowest BCUT2D eigenvalue weighted by molar-refractivity contribution is -0.570. The molecule has 0 heterocycles. The van der Waals surface area contributed by atoms with Gasteiger partial charge in [0.1, 0.15) is 5.92 Å². The summed E-state index contributed by atoms with van der Waals surface area (Å²) in [4.78, 5) is 33.4. The number of methoxy groups -OCH3 is 2. The molecule has 0 unspecified atom stereocenters. The van der Waals surface area contributed by atoms with E-state index in [2.05, 4.69) is 0 Å². The summed E-state index contributed by atoms with van der Waals surface area (Å²) in [6.45, 7) is 1.61. The molecule has 0 amide bonds. The molecule has 0 aliphatic heterocycles. The van der Waals surface area contributed by atoms with Gasteiger partial charge in [-0.2, -0.15) is 0 Å². The fourth-order valence-corrected chi connectivity index (χ4v) is 2.45. The zero-order chi connectivity index (χ0) is 19.2. The van der Waals surface area contributed by atoms with Crippen LogP contribution in [0.25, 0.3) is 0 Å². The number of hydrogen-bond acceptors (Lipinski definition) is 8. The van der Waals surface area contributed by atoms with E-state index in [1.807, 2.05) is 0 Å². The van der Waals surface area contributed by atoms with Gasteiger partial charge in [0.25, 0.3) is 0 Å². The number of carbonyl (C=O) groups excluding carboxylic acids is 1. The number of esters is 1. The summed E-state index contributed by atoms with van der Waals surface area (Å²) < 4.78 is 15.0. The Bertz CT molecular complexity index is 663. The second-order valence-corrected chi connectivity index (χ2v) is 5.31. The number of benzene rings is 1. The Labute approximate surface area is 144 Å². The van der Waals surface area contributed by atoms with Crippen molar-refractivity contribution in [1.82, 2.24) is 0 Å². The molecule has 1 aromatic rings. The molecule has 0 aromatic heterocycles. The average Bonchev–Trinajstić information content (AvgIpc) is 2.58. The van der Waals surface area contributed by atoms with Crippen molar-refractivity contribution in [1.29, 1.82) is 0 Å². The minimum atomic E-state index is -2.33. The SMILES string of the molecule is CCOC(=O)[C@](C)([C@H](C[N+](=O)[O-])c1ccc(OC)c(OC)c1)[N+](=O)[O-]. The van der Waals surface area contributed by atoms with Crippen molar-refractivity contribution in [3.63, 3.8) is 0 Å². The third-order valence-electron chi connectivity index (χ3n) is 3.89. The molecule has 0 aliphatic rings. The Balaban J connectivity index is 3.52. The van der Waals surface area contributed by atoms with Gasteiger partial charge in [-0.1, -0.05) is 6.07 Å². The summed E-state index contributed by atoms with van der Waals surface area (Å²) in [7, 11) is 2.77. The van der Waals surface area contributed by atoms with Gasteiger partial charge in [0, 0.05) is 16.8 Å². The topological polar surface area (TPSA) is 131 Å². The minimum Gasteiger partial charge on any atom is -0.493 e. The van der Waals surface area contributed by atoms with Crippen molar-refractivity contribution in [2.75, 3.05) is 27.4 Å². The number of rotatable bonds is 9. The van der Waals surface area contributed by atoms with Crippen molar-refractivity contribution in [2.45, 2.75) is 25.3 Å². The Kier molecular flexibility index (Phi) is 6.66. The number of nitrogens with zero attached hydrogens (tertiary/aromatic N) is 2. The second kappa shape index (κ2) is 8.27. The number of carbonyl (C=O) groups is 1. The van der Waals surface area contributed by atoms with Crippen LogP contribution in [-0.2, 0) is 9.53 Å². The van der Waals surface area contributed by atoms with Gasteiger partial charge in [0.2, 0.25) is 6.54 Å². The largest absolute Gasteiger partial charge is 0.493 e. The zero-order valence-electron chi connectivity index (χ0n) is 14.4. The third kappa shape index (κ3) is 4.14. The number of nitro groups is 2. The molecule has 0 spiro atoms. The lowest BCUT2D eigenvalue weighted by Crippen LogP contribution is -2.51. The smallest absolute Gasteiger partial charge is 0.385 e. The lowest BCUT2D eigenvalue weighted by Gasteiger charge is -2.26. The van der Waals surface area contributed by atoms with Crippen LogP contribution < -0.4 is 9.47 Å². The maximum absolute atomic E-state index is 12.2. The summed E-state index contributed by atoms with van der Waals surface area (Å²) in [5, 5.41) is 22.7. The van der Waals surface area contributed by atoms with Gasteiger partial charge in [0.15, 0.2) is 11.5 Å². The minimum absolute atomic E-state index is 0.0839. The van der Waals surface area contributed by atoms with Crippen molar-refractivity contribution >= 4 is 5.97 Å². The molecule has 25 heavy (non-hydrogen) atoms. The predicted molar refractivity (Wildman–Crippen MR) is 86.2 cm³/mol. The van der Waals surface area contributed by atoms with Gasteiger partial charge in [-0.05, 0) is 24.6 Å². The van der Waals surface area contributed by atoms with Crippen molar-refractivity contribution in [2.24, 2.45) is 0 Å². The van der Waals surface area contributed by atoms with E-state index in [0.717, 1.165) is 6.92 Å². The monoisotopic (exact) mass is 356 g/mol. The van der Waals surface area contributed by atoms with E-state index in [-0.39, 0.29) is 17.9 Å². The lowest BCUT2D eigenvalue weighted by atomic mass is 9.80. The van der Waals surface area contributed by atoms with Crippen molar-refractivity contribution in [3.8, 4) is 11.5 Å². The van der Waals surface area contributed by atoms with Crippen LogP contribution in [-0.4, -0.2) is 48.7 Å². The Hall–Kier alpha value is -2.91. The Morgan fingerprint density at radius 3 is 2.24 bits per heavy atom. The van der Waals surface area contributed by atoms with E-state index in [1.165, 1.54) is 39.3 Å². The first-order valence-corrected chi connectivity index (χ1v) is 7.37. The second-order valence-electron chi connectivity index (χ2n) is 5.31. The van der Waals surface area contributed by atoms with Crippen LogP contribution in [0.4, 0.5) is 0 Å². The van der Waals surface area contributed by atoms with Crippen molar-refractivity contribution < 1.29 is 28.9 Å². The van der Waals surface area contributed by atoms with E-state index in [1.54, 1.807) is 0 Å². The highest BCUT2D eigenvalue weighted by Gasteiger charge is 2.57. The maximum Gasteiger partial charge on any atom is 0.385 e. The van der Waals surface area contributed by atoms with Crippen LogP contribution in [0, 0.1) is 20.2 Å². The van der Waals surface area contributed by atoms with E-state index in [9.17, 15) is 25.0 Å². The van der Waals surface area contributed by atoms with Gasteiger partial charge in [-0.25, -0.2) is 4.79 Å². The molecule has 0 aliphatic carbocycles. The first-order valence-electron chi connectivity index (χ1n) is 7.37. The molecule has 1 aromatic carbocycles. The van der Waals surface area contributed by atoms with E-state index in [0.29, 0.717) is 5.75 Å². The molecular weight excluding hydrogens is 336 g/mol. The Morgan fingerprint density at radius 2 is 1.80 bits per heavy atom. The number of ether oxygens (including phenoxy) is 3. The van der Waals surface area contributed by atoms with Crippen LogP contribution in [0.1, 0.15) is 25.3 Å². The molecule has 10 nitrogen and oxygen atoms in total. The highest BCUT2D eigenvalue weighted by atomic mass is 16.6. The predicted octanol–water partition coefficient (Wildman–Crippen LogP) is 1.66. The fourth-order valence-electron chi connectivity index (χ4n) is 2.45. The van der Waals surface area contributed by atoms with Crippen LogP contribution >= 0.6 is 0 Å². The average molecular weight is 356 g/mol. The molecule has 2 atom stereocenters. The van der Waals surface area contributed by atoms with Gasteiger partial charge < -0.3 is 14.2 Å². The molecule has 0 radical (unpaired) electrons. The normalized spacial score (nSPS) is 14.1. The molecule has 138 valence electrons. The van der Waals surface area contributed by atoms with Crippen molar-refractivity contribution in [3.05, 3.63) is 44.0 Å². The van der Waals surface area contributed by atoms with E-state index < -0.39 is 33.8 Å². The van der Waals surface area contributed by atoms with E-state index >= 15 is 0 Å². The highest BCUT2D eigenvalue weighted by molar-refractivity contribution is 5.80.